The predicted octanol–water partition coefficient (Wildman–Crippen LogP) is 4.26. The van der Waals surface area contributed by atoms with E-state index in [4.69, 9.17) is 4.74 Å². The van der Waals surface area contributed by atoms with Crippen LogP contribution in [0, 0.1) is 11.7 Å². The number of rotatable bonds is 5. The highest BCUT2D eigenvalue weighted by molar-refractivity contribution is 5.93. The van der Waals surface area contributed by atoms with E-state index in [2.05, 4.69) is 0 Å². The number of anilines is 1. The molecule has 2 aromatic rings. The smallest absolute Gasteiger partial charge is 0.410 e. The zero-order chi connectivity index (χ0) is 24.9. The van der Waals surface area contributed by atoms with Crippen LogP contribution in [0.4, 0.5) is 14.9 Å². The van der Waals surface area contributed by atoms with Crippen molar-refractivity contribution < 1.29 is 23.8 Å². The Bertz CT molecular complexity index is 1200. The predicted molar refractivity (Wildman–Crippen MR) is 127 cm³/mol. The van der Waals surface area contributed by atoms with Crippen molar-refractivity contribution in [2.45, 2.75) is 64.6 Å². The van der Waals surface area contributed by atoms with Gasteiger partial charge in [-0.25, -0.2) is 14.0 Å². The number of benzene rings is 1. The van der Waals surface area contributed by atoms with Gasteiger partial charge in [-0.15, -0.1) is 0 Å². The van der Waals surface area contributed by atoms with Crippen LogP contribution >= 0.6 is 0 Å². The van der Waals surface area contributed by atoms with Crippen molar-refractivity contribution >= 4 is 28.7 Å². The molecule has 1 aliphatic carbocycles. The van der Waals surface area contributed by atoms with Crippen molar-refractivity contribution in [2.75, 3.05) is 25.0 Å². The topological polar surface area (TPSA) is 92.1 Å². The van der Waals surface area contributed by atoms with Gasteiger partial charge in [0.15, 0.2) is 0 Å². The molecule has 0 unspecified atom stereocenters. The van der Waals surface area contributed by atoms with Crippen LogP contribution in [0.15, 0.2) is 23.1 Å². The van der Waals surface area contributed by atoms with Crippen molar-refractivity contribution in [3.8, 4) is 0 Å². The molecular weight excluding hydrogens is 441 g/mol. The number of carboxylic acids is 1. The van der Waals surface area contributed by atoms with Crippen molar-refractivity contribution in [1.82, 2.24) is 9.47 Å². The third kappa shape index (κ3) is 4.60. The monoisotopic (exact) mass is 473 g/mol. The average molecular weight is 474 g/mol. The number of carboxylic acid groups (broad SMARTS) is 1. The van der Waals surface area contributed by atoms with E-state index >= 15 is 4.39 Å². The summed E-state index contributed by atoms with van der Waals surface area (Å²) in [6, 6.07) is 2.85. The summed E-state index contributed by atoms with van der Waals surface area (Å²) in [6.07, 6.45) is 3.56. The summed E-state index contributed by atoms with van der Waals surface area (Å²) in [5.41, 5.74) is -0.655. The van der Waals surface area contributed by atoms with Gasteiger partial charge >= 0.3 is 12.1 Å². The number of fused-ring (bicyclic) bond motifs is 1. The maximum Gasteiger partial charge on any atom is 0.410 e. The van der Waals surface area contributed by atoms with Crippen LogP contribution in [-0.4, -0.2) is 58.4 Å². The Hall–Kier alpha value is -3.10. The van der Waals surface area contributed by atoms with Crippen LogP contribution in [0.3, 0.4) is 0 Å². The van der Waals surface area contributed by atoms with E-state index < -0.39 is 28.9 Å². The molecule has 2 fully saturated rings. The summed E-state index contributed by atoms with van der Waals surface area (Å²) in [4.78, 5) is 40.3. The van der Waals surface area contributed by atoms with Gasteiger partial charge in [0.2, 0.25) is 5.43 Å². The number of nitrogens with zero attached hydrogens (tertiary/aromatic N) is 3. The maximum absolute atomic E-state index is 15.2. The fourth-order valence-corrected chi connectivity index (χ4v) is 4.62. The van der Waals surface area contributed by atoms with E-state index in [1.54, 1.807) is 22.6 Å². The Morgan fingerprint density at radius 2 is 1.91 bits per heavy atom. The van der Waals surface area contributed by atoms with Crippen molar-refractivity contribution in [3.05, 3.63) is 39.9 Å². The molecule has 9 heteroatoms. The highest BCUT2D eigenvalue weighted by atomic mass is 19.1. The van der Waals surface area contributed by atoms with Gasteiger partial charge in [-0.1, -0.05) is 0 Å². The van der Waals surface area contributed by atoms with Crippen LogP contribution in [0.1, 0.15) is 63.4 Å². The van der Waals surface area contributed by atoms with E-state index in [1.807, 2.05) is 32.6 Å². The van der Waals surface area contributed by atoms with Crippen LogP contribution in [-0.2, 0) is 4.74 Å². The maximum atomic E-state index is 15.2. The van der Waals surface area contributed by atoms with Gasteiger partial charge in [-0.2, -0.15) is 0 Å². The summed E-state index contributed by atoms with van der Waals surface area (Å²) in [5, 5.41) is 9.51. The van der Waals surface area contributed by atoms with E-state index in [-0.39, 0.29) is 29.0 Å². The van der Waals surface area contributed by atoms with Crippen molar-refractivity contribution in [1.29, 1.82) is 0 Å². The van der Waals surface area contributed by atoms with Gasteiger partial charge in [0.25, 0.3) is 0 Å². The second-order valence-corrected chi connectivity index (χ2v) is 10.5. The SMILES string of the molecule is C[C@H]([C@@H]1CCN(c2cc3c(cc2F)c(=O)c(C(=O)O)cn3C2CC2)C1)N(C)C(=O)OC(C)(C)C. The van der Waals surface area contributed by atoms with E-state index in [0.717, 1.165) is 19.3 Å². The second kappa shape index (κ2) is 8.60. The lowest BCUT2D eigenvalue weighted by Crippen LogP contribution is -2.43. The Kier molecular flexibility index (Phi) is 6.08. The van der Waals surface area contributed by atoms with Crippen LogP contribution in [0.25, 0.3) is 10.9 Å². The fourth-order valence-electron chi connectivity index (χ4n) is 4.62. The molecule has 0 spiro atoms. The number of carbonyl (C=O) groups excluding carboxylic acids is 1. The lowest BCUT2D eigenvalue weighted by Gasteiger charge is -2.32. The summed E-state index contributed by atoms with van der Waals surface area (Å²) in [6.45, 7) is 8.60. The molecule has 1 saturated carbocycles. The molecule has 2 aliphatic rings. The number of halogens is 1. The number of amides is 1. The second-order valence-electron chi connectivity index (χ2n) is 10.5. The van der Waals surface area contributed by atoms with E-state index in [9.17, 15) is 19.5 Å². The Labute approximate surface area is 197 Å². The molecule has 1 amide bonds. The number of carbonyl (C=O) groups is 2. The minimum absolute atomic E-state index is 0.0850. The summed E-state index contributed by atoms with van der Waals surface area (Å²) in [7, 11) is 1.71. The number of hydrogen-bond acceptors (Lipinski definition) is 5. The molecule has 0 bridgehead atoms. The Morgan fingerprint density at radius 1 is 1.24 bits per heavy atom. The number of aromatic carboxylic acids is 1. The first-order valence-electron chi connectivity index (χ1n) is 11.7. The van der Waals surface area contributed by atoms with Crippen LogP contribution in [0.2, 0.25) is 0 Å². The van der Waals surface area contributed by atoms with Crippen LogP contribution < -0.4 is 10.3 Å². The van der Waals surface area contributed by atoms with Crippen LogP contribution in [0.5, 0.6) is 0 Å². The third-order valence-corrected chi connectivity index (χ3v) is 6.81. The largest absolute Gasteiger partial charge is 0.477 e. The minimum atomic E-state index is -1.31. The first-order valence-corrected chi connectivity index (χ1v) is 11.7. The van der Waals surface area contributed by atoms with Gasteiger partial charge in [-0.3, -0.25) is 4.79 Å². The quantitative estimate of drug-likeness (QED) is 0.698. The molecule has 184 valence electrons. The minimum Gasteiger partial charge on any atom is -0.477 e. The zero-order valence-electron chi connectivity index (χ0n) is 20.3. The molecule has 1 saturated heterocycles. The molecule has 1 N–H and O–H groups in total. The highest BCUT2D eigenvalue weighted by Crippen LogP contribution is 2.39. The summed E-state index contributed by atoms with van der Waals surface area (Å²) < 4.78 is 22.5. The number of hydrogen-bond donors (Lipinski definition) is 1. The van der Waals surface area contributed by atoms with Gasteiger partial charge < -0.3 is 24.2 Å². The Morgan fingerprint density at radius 3 is 2.50 bits per heavy atom. The Balaban J connectivity index is 1.61. The van der Waals surface area contributed by atoms with Gasteiger partial charge in [0.05, 0.1) is 11.2 Å². The molecular formula is C25H32FN3O5. The average Bonchev–Trinajstić information content (AvgIpc) is 3.47. The number of aromatic nitrogens is 1. The van der Waals surface area contributed by atoms with Gasteiger partial charge in [0.1, 0.15) is 17.0 Å². The lowest BCUT2D eigenvalue weighted by molar-refractivity contribution is 0.0192. The standard InChI is InChI=1S/C25H32FN3O5/c1-14(27(5)24(33)34-25(2,3)4)15-8-9-28(12-15)21-11-20-17(10-19(21)26)22(30)18(23(31)32)13-29(20)16-6-7-16/h10-11,13-16H,6-9,12H2,1-5H3,(H,31,32)/t14-,15-/m1/s1. The summed E-state index contributed by atoms with van der Waals surface area (Å²) in [5.74, 6) is -1.74. The third-order valence-electron chi connectivity index (χ3n) is 6.81. The molecule has 1 aromatic carbocycles. The molecule has 2 atom stereocenters. The summed E-state index contributed by atoms with van der Waals surface area (Å²) >= 11 is 0. The molecule has 4 rings (SSSR count). The molecule has 8 nitrogen and oxygen atoms in total. The number of pyridine rings is 1. The van der Waals surface area contributed by atoms with Crippen molar-refractivity contribution in [3.63, 3.8) is 0 Å². The normalized spacial score (nSPS) is 19.4. The molecule has 0 radical (unpaired) electrons. The highest BCUT2D eigenvalue weighted by Gasteiger charge is 2.34. The molecule has 1 aromatic heterocycles. The number of ether oxygens (including phenoxy) is 1. The van der Waals surface area contributed by atoms with Crippen molar-refractivity contribution in [2.24, 2.45) is 5.92 Å². The first kappa shape index (κ1) is 24.0. The molecule has 2 heterocycles. The lowest BCUT2D eigenvalue weighted by atomic mass is 10.00. The molecule has 1 aliphatic heterocycles. The van der Waals surface area contributed by atoms with Gasteiger partial charge in [-0.05, 0) is 65.0 Å². The first-order chi connectivity index (χ1) is 15.9. The van der Waals surface area contributed by atoms with E-state index in [0.29, 0.717) is 24.3 Å². The fraction of sp³-hybridized carbons (Fsp3) is 0.560. The zero-order valence-corrected chi connectivity index (χ0v) is 20.3. The van der Waals surface area contributed by atoms with Gasteiger partial charge in [0, 0.05) is 43.8 Å². The van der Waals surface area contributed by atoms with E-state index in [1.165, 1.54) is 12.3 Å². The molecule has 34 heavy (non-hydrogen) atoms.